The lowest BCUT2D eigenvalue weighted by Gasteiger charge is -2.20. The first-order chi connectivity index (χ1) is 27.9. The maximum absolute atomic E-state index is 12.6. The van der Waals surface area contributed by atoms with Gasteiger partial charge in [0.25, 0.3) is 0 Å². The number of aliphatic hydroxyl groups excluding tert-OH is 4. The highest BCUT2D eigenvalue weighted by atomic mass is 31.2. The van der Waals surface area contributed by atoms with Crippen molar-refractivity contribution in [2.45, 2.75) is 173 Å². The van der Waals surface area contributed by atoms with E-state index in [-0.39, 0.29) is 31.0 Å². The molecule has 1 aliphatic carbocycles. The van der Waals surface area contributed by atoms with Crippen LogP contribution in [0, 0.1) is 11.8 Å². The average molecular weight is 843 g/mol. The first kappa shape index (κ1) is 53.5. The van der Waals surface area contributed by atoms with E-state index in [0.717, 1.165) is 57.8 Å². The lowest BCUT2D eigenvalue weighted by atomic mass is 9.90. The van der Waals surface area contributed by atoms with E-state index in [9.17, 15) is 39.2 Å². The number of ketones is 1. The summed E-state index contributed by atoms with van der Waals surface area (Å²) in [5, 5.41) is 39.0. The van der Waals surface area contributed by atoms with Crippen LogP contribution in [0.1, 0.15) is 149 Å². The number of unbranched alkanes of at least 4 members (excludes halogenated alkanes) is 12. The number of rotatable bonds is 36. The molecule has 0 aliphatic heterocycles. The number of phosphoric acid groups is 1. The first-order valence-electron chi connectivity index (χ1n) is 21.7. The Hall–Kier alpha value is -2.48. The number of allylic oxidation sites excluding steroid dienone is 7. The molecule has 5 N–H and O–H groups in total. The van der Waals surface area contributed by atoms with Crippen molar-refractivity contribution >= 4 is 25.5 Å². The Labute approximate surface area is 347 Å². The van der Waals surface area contributed by atoms with Crippen molar-refractivity contribution in [3.63, 3.8) is 0 Å². The molecule has 1 aliphatic rings. The Morgan fingerprint density at radius 1 is 0.776 bits per heavy atom. The number of phosphoric ester groups is 1. The van der Waals surface area contributed by atoms with E-state index in [2.05, 4.69) is 42.7 Å². The van der Waals surface area contributed by atoms with Gasteiger partial charge in [0.2, 0.25) is 0 Å². The molecule has 1 fully saturated rings. The molecular weight excluding hydrogens is 767 g/mol. The quantitative estimate of drug-likeness (QED) is 0.0134. The Morgan fingerprint density at radius 3 is 2.07 bits per heavy atom. The summed E-state index contributed by atoms with van der Waals surface area (Å²) >= 11 is 0. The molecule has 0 aromatic carbocycles. The van der Waals surface area contributed by atoms with Crippen LogP contribution >= 0.6 is 7.82 Å². The van der Waals surface area contributed by atoms with Gasteiger partial charge in [0.15, 0.2) is 6.10 Å². The highest BCUT2D eigenvalue weighted by Gasteiger charge is 2.39. The summed E-state index contributed by atoms with van der Waals surface area (Å²) in [5.74, 6) is -1.93. The van der Waals surface area contributed by atoms with Gasteiger partial charge in [0.1, 0.15) is 18.5 Å². The SMILES string of the molecule is CCCCCC/C=C\C=C/CCCCCCCC(=O)O[C@H](COC(=O)CCC/C=C\C[C@H]1[C@@H](O)CC(=O)[C@@H]1/C=C/[C@@H](O)CCCCC)COP(=O)(O)OC[C@@H](O)CO. The highest BCUT2D eigenvalue weighted by molar-refractivity contribution is 7.47. The summed E-state index contributed by atoms with van der Waals surface area (Å²) in [5.41, 5.74) is 0. The number of hydrogen-bond donors (Lipinski definition) is 5. The molecule has 7 atom stereocenters. The molecule has 0 heterocycles. The fourth-order valence-electron chi connectivity index (χ4n) is 6.38. The maximum atomic E-state index is 12.6. The maximum Gasteiger partial charge on any atom is 0.472 e. The minimum Gasteiger partial charge on any atom is -0.462 e. The minimum atomic E-state index is -4.69. The molecule has 14 heteroatoms. The van der Waals surface area contributed by atoms with Gasteiger partial charge < -0.3 is 34.8 Å². The number of carbonyl (C=O) groups is 3. The van der Waals surface area contributed by atoms with E-state index in [1.807, 2.05) is 12.2 Å². The summed E-state index contributed by atoms with van der Waals surface area (Å²) < 4.78 is 32.6. The van der Waals surface area contributed by atoms with E-state index in [1.165, 1.54) is 25.7 Å². The van der Waals surface area contributed by atoms with Gasteiger partial charge in [-0.2, -0.15) is 0 Å². The Bertz CT molecular complexity index is 1270. The van der Waals surface area contributed by atoms with Gasteiger partial charge >= 0.3 is 19.8 Å². The molecule has 0 saturated heterocycles. The fraction of sp³-hybridized carbons (Fsp3) is 0.750. The molecule has 1 unspecified atom stereocenters. The zero-order valence-electron chi connectivity index (χ0n) is 35.2. The minimum absolute atomic E-state index is 0.0451. The number of ether oxygens (including phenoxy) is 2. The molecule has 0 bridgehead atoms. The zero-order valence-corrected chi connectivity index (χ0v) is 36.1. The first-order valence-corrected chi connectivity index (χ1v) is 23.2. The predicted octanol–water partition coefficient (Wildman–Crippen LogP) is 7.92. The summed E-state index contributed by atoms with van der Waals surface area (Å²) in [6.45, 7) is 1.92. The molecule has 0 amide bonds. The van der Waals surface area contributed by atoms with Crippen LogP contribution in [0.5, 0.6) is 0 Å². The second-order valence-corrected chi connectivity index (χ2v) is 16.6. The number of esters is 2. The number of Topliss-reactive ketones (excluding diaryl/α,β-unsaturated/α-hetero) is 1. The molecule has 0 radical (unpaired) electrons. The summed E-state index contributed by atoms with van der Waals surface area (Å²) in [7, 11) is -4.69. The lowest BCUT2D eigenvalue weighted by Crippen LogP contribution is -2.29. The third-order valence-electron chi connectivity index (χ3n) is 9.86. The summed E-state index contributed by atoms with van der Waals surface area (Å²) in [4.78, 5) is 47.6. The van der Waals surface area contributed by atoms with Gasteiger partial charge in [-0.05, 0) is 57.8 Å². The number of aliphatic hydroxyl groups is 4. The van der Waals surface area contributed by atoms with Crippen LogP contribution in [0.3, 0.4) is 0 Å². The molecule has 334 valence electrons. The lowest BCUT2D eigenvalue weighted by molar-refractivity contribution is -0.161. The fourth-order valence-corrected chi connectivity index (χ4v) is 7.17. The molecule has 0 aromatic heterocycles. The Morgan fingerprint density at radius 2 is 1.38 bits per heavy atom. The van der Waals surface area contributed by atoms with Crippen molar-refractivity contribution in [1.82, 2.24) is 0 Å². The van der Waals surface area contributed by atoms with Crippen molar-refractivity contribution in [3.8, 4) is 0 Å². The predicted molar refractivity (Wildman–Crippen MR) is 225 cm³/mol. The Kier molecular flexibility index (Phi) is 31.6. The molecule has 1 rings (SSSR count). The van der Waals surface area contributed by atoms with Gasteiger partial charge in [-0.3, -0.25) is 23.4 Å². The molecule has 13 nitrogen and oxygen atoms in total. The van der Waals surface area contributed by atoms with Crippen LogP contribution in [-0.2, 0) is 37.5 Å². The van der Waals surface area contributed by atoms with Crippen molar-refractivity contribution in [3.05, 3.63) is 48.6 Å². The molecule has 58 heavy (non-hydrogen) atoms. The van der Waals surface area contributed by atoms with Gasteiger partial charge in [-0.15, -0.1) is 0 Å². The standard InChI is InChI=1S/C44H75O13P/c1-3-5-7-8-9-10-11-12-13-14-15-16-17-18-24-28-44(51)57-38(35-56-58(52,53)55-33-37(47)32-45)34-54-43(50)27-23-20-19-22-26-39-40(42(49)31-41(39)48)30-29-36(46)25-21-6-4-2/h10-13,19,22,29-30,36-41,45-48H,3-9,14-18,20-21,23-28,31-35H2,1-2H3,(H,52,53)/b11-10-,13-12-,22-19-,30-29+/t36-,37-,38+,39+,40+,41-/m0/s1. The van der Waals surface area contributed by atoms with E-state index < -0.39 is 76.5 Å². The van der Waals surface area contributed by atoms with Gasteiger partial charge in [-0.25, -0.2) is 4.57 Å². The smallest absolute Gasteiger partial charge is 0.462 e. The van der Waals surface area contributed by atoms with Crippen LogP contribution in [0.4, 0.5) is 0 Å². The third-order valence-corrected chi connectivity index (χ3v) is 10.8. The molecular formula is C44H75O13P. The van der Waals surface area contributed by atoms with Gasteiger partial charge in [0, 0.05) is 31.1 Å². The van der Waals surface area contributed by atoms with Crippen molar-refractivity contribution in [2.24, 2.45) is 11.8 Å². The van der Waals surface area contributed by atoms with E-state index in [1.54, 1.807) is 12.2 Å². The van der Waals surface area contributed by atoms with Crippen LogP contribution < -0.4 is 0 Å². The topological polar surface area (TPSA) is 206 Å². The van der Waals surface area contributed by atoms with Crippen LogP contribution in [-0.4, -0.2) is 93.9 Å². The molecule has 1 saturated carbocycles. The largest absolute Gasteiger partial charge is 0.472 e. The van der Waals surface area contributed by atoms with Crippen molar-refractivity contribution < 1.29 is 62.8 Å². The van der Waals surface area contributed by atoms with E-state index in [4.69, 9.17) is 19.1 Å². The molecule has 0 aromatic rings. The summed E-state index contributed by atoms with van der Waals surface area (Å²) in [6.07, 6.45) is 28.7. The molecule has 0 spiro atoms. The van der Waals surface area contributed by atoms with Crippen molar-refractivity contribution in [2.75, 3.05) is 26.4 Å². The van der Waals surface area contributed by atoms with Gasteiger partial charge in [0.05, 0.1) is 32.0 Å². The van der Waals surface area contributed by atoms with E-state index >= 15 is 0 Å². The van der Waals surface area contributed by atoms with Crippen LogP contribution in [0.15, 0.2) is 48.6 Å². The third kappa shape index (κ3) is 28.1. The Balaban J connectivity index is 2.50. The second kappa shape index (κ2) is 34.3. The zero-order chi connectivity index (χ0) is 42.9. The van der Waals surface area contributed by atoms with Crippen LogP contribution in [0.2, 0.25) is 0 Å². The van der Waals surface area contributed by atoms with E-state index in [0.29, 0.717) is 32.1 Å². The van der Waals surface area contributed by atoms with Crippen molar-refractivity contribution in [1.29, 1.82) is 0 Å². The average Bonchev–Trinajstić information content (AvgIpc) is 3.47. The number of hydrogen-bond acceptors (Lipinski definition) is 12. The second-order valence-electron chi connectivity index (χ2n) is 15.2. The number of carbonyl (C=O) groups excluding carboxylic acids is 3. The van der Waals surface area contributed by atoms with Crippen LogP contribution in [0.25, 0.3) is 0 Å². The monoisotopic (exact) mass is 842 g/mol. The normalized spacial score (nSPS) is 20.1. The summed E-state index contributed by atoms with van der Waals surface area (Å²) in [6, 6.07) is 0. The highest BCUT2D eigenvalue weighted by Crippen LogP contribution is 2.43. The van der Waals surface area contributed by atoms with Gasteiger partial charge in [-0.1, -0.05) is 120 Å².